The van der Waals surface area contributed by atoms with Gasteiger partial charge in [0.1, 0.15) is 0 Å². The highest BCUT2D eigenvalue weighted by Crippen LogP contribution is 2.29. The van der Waals surface area contributed by atoms with E-state index in [1.807, 2.05) is 35.2 Å². The van der Waals surface area contributed by atoms with Crippen molar-refractivity contribution in [1.29, 1.82) is 0 Å². The second kappa shape index (κ2) is 6.75. The minimum absolute atomic E-state index is 0.148. The predicted molar refractivity (Wildman–Crippen MR) is 88.7 cm³/mol. The molecule has 0 aromatic heterocycles. The number of carbonyl (C=O) groups excluding carboxylic acids is 1. The zero-order valence-electron chi connectivity index (χ0n) is 12.7. The maximum absolute atomic E-state index is 12.5. The first-order valence-electron chi connectivity index (χ1n) is 7.91. The molecule has 1 amide bonds. The second-order valence-electron chi connectivity index (χ2n) is 5.88. The number of hydrogen-bond donors (Lipinski definition) is 1. The molecule has 2 aromatic carbocycles. The highest BCUT2D eigenvalue weighted by molar-refractivity contribution is 5.94. The molecule has 2 aromatic rings. The Morgan fingerprint density at radius 1 is 1.05 bits per heavy atom. The van der Waals surface area contributed by atoms with Crippen LogP contribution in [0.3, 0.4) is 0 Å². The molecule has 1 saturated heterocycles. The molecule has 1 aliphatic heterocycles. The smallest absolute Gasteiger partial charge is 0.253 e. The van der Waals surface area contributed by atoms with E-state index in [0.717, 1.165) is 31.5 Å². The number of rotatable bonds is 3. The van der Waals surface area contributed by atoms with E-state index in [9.17, 15) is 4.79 Å². The van der Waals surface area contributed by atoms with Gasteiger partial charge in [-0.3, -0.25) is 4.79 Å². The Morgan fingerprint density at radius 3 is 2.45 bits per heavy atom. The topological polar surface area (TPSA) is 46.3 Å². The monoisotopic (exact) mass is 294 g/mol. The number of hydrogen-bond acceptors (Lipinski definition) is 2. The van der Waals surface area contributed by atoms with E-state index in [2.05, 4.69) is 24.3 Å². The molecule has 1 heterocycles. The van der Waals surface area contributed by atoms with E-state index in [1.54, 1.807) is 0 Å². The minimum atomic E-state index is 0.148. The van der Waals surface area contributed by atoms with Crippen LogP contribution in [0.1, 0.15) is 40.2 Å². The van der Waals surface area contributed by atoms with E-state index in [-0.39, 0.29) is 5.91 Å². The summed E-state index contributed by atoms with van der Waals surface area (Å²) >= 11 is 0. The lowest BCUT2D eigenvalue weighted by Gasteiger charge is -2.32. The van der Waals surface area contributed by atoms with Crippen molar-refractivity contribution >= 4 is 5.91 Å². The molecule has 0 atom stereocenters. The SMILES string of the molecule is NCc1cccc(C2CCN(C(=O)c3ccccc3)CC2)c1. The highest BCUT2D eigenvalue weighted by atomic mass is 16.2. The molecule has 3 rings (SSSR count). The maximum Gasteiger partial charge on any atom is 0.253 e. The second-order valence-corrected chi connectivity index (χ2v) is 5.88. The molecular weight excluding hydrogens is 272 g/mol. The van der Waals surface area contributed by atoms with Crippen LogP contribution in [0.5, 0.6) is 0 Å². The van der Waals surface area contributed by atoms with Crippen molar-refractivity contribution in [2.24, 2.45) is 5.73 Å². The van der Waals surface area contributed by atoms with E-state index in [1.165, 1.54) is 11.1 Å². The minimum Gasteiger partial charge on any atom is -0.339 e. The Morgan fingerprint density at radius 2 is 1.77 bits per heavy atom. The summed E-state index contributed by atoms with van der Waals surface area (Å²) < 4.78 is 0. The summed E-state index contributed by atoms with van der Waals surface area (Å²) in [6.45, 7) is 2.23. The van der Waals surface area contributed by atoms with Gasteiger partial charge in [0.05, 0.1) is 0 Å². The fraction of sp³-hybridized carbons (Fsp3) is 0.316. The fourth-order valence-corrected chi connectivity index (χ4v) is 3.15. The zero-order chi connectivity index (χ0) is 15.4. The van der Waals surface area contributed by atoms with Crippen LogP contribution in [0, 0.1) is 0 Å². The lowest BCUT2D eigenvalue weighted by atomic mass is 9.88. The summed E-state index contributed by atoms with van der Waals surface area (Å²) in [5.74, 6) is 0.682. The Bertz CT molecular complexity index is 631. The average molecular weight is 294 g/mol. The number of nitrogens with two attached hydrogens (primary N) is 1. The quantitative estimate of drug-likeness (QED) is 0.945. The van der Waals surface area contributed by atoms with Gasteiger partial charge in [-0.2, -0.15) is 0 Å². The fourth-order valence-electron chi connectivity index (χ4n) is 3.15. The molecule has 1 fully saturated rings. The van der Waals surface area contributed by atoms with Gasteiger partial charge in [-0.1, -0.05) is 42.5 Å². The number of nitrogens with zero attached hydrogens (tertiary/aromatic N) is 1. The van der Waals surface area contributed by atoms with Gasteiger partial charge in [0.2, 0.25) is 0 Å². The van der Waals surface area contributed by atoms with Crippen molar-refractivity contribution in [1.82, 2.24) is 4.90 Å². The molecule has 0 saturated carbocycles. The molecular formula is C19H22N2O. The van der Waals surface area contributed by atoms with Gasteiger partial charge in [-0.25, -0.2) is 0 Å². The number of piperidine rings is 1. The van der Waals surface area contributed by atoms with Crippen molar-refractivity contribution in [2.45, 2.75) is 25.3 Å². The van der Waals surface area contributed by atoms with Gasteiger partial charge in [0.25, 0.3) is 5.91 Å². The average Bonchev–Trinajstić information content (AvgIpc) is 2.62. The number of carbonyl (C=O) groups is 1. The first kappa shape index (κ1) is 14.8. The van der Waals surface area contributed by atoms with Crippen molar-refractivity contribution < 1.29 is 4.79 Å². The molecule has 114 valence electrons. The molecule has 0 unspecified atom stereocenters. The van der Waals surface area contributed by atoms with Crippen molar-refractivity contribution in [3.63, 3.8) is 0 Å². The normalized spacial score (nSPS) is 15.8. The molecule has 2 N–H and O–H groups in total. The van der Waals surface area contributed by atoms with Crippen LogP contribution in [0.2, 0.25) is 0 Å². The molecule has 1 aliphatic rings. The largest absolute Gasteiger partial charge is 0.339 e. The Balaban J connectivity index is 1.64. The molecule has 0 aliphatic carbocycles. The first-order valence-corrected chi connectivity index (χ1v) is 7.91. The summed E-state index contributed by atoms with van der Waals surface area (Å²) in [4.78, 5) is 14.4. The molecule has 22 heavy (non-hydrogen) atoms. The lowest BCUT2D eigenvalue weighted by molar-refractivity contribution is 0.0713. The third kappa shape index (κ3) is 3.20. The summed E-state index contributed by atoms with van der Waals surface area (Å²) in [5.41, 5.74) is 9.04. The van der Waals surface area contributed by atoms with Crippen molar-refractivity contribution in [3.8, 4) is 0 Å². The standard InChI is InChI=1S/C19H22N2O/c20-14-15-5-4-8-18(13-15)16-9-11-21(12-10-16)19(22)17-6-2-1-3-7-17/h1-8,13,16H,9-12,14,20H2. The van der Waals surface area contributed by atoms with Crippen LogP contribution < -0.4 is 5.73 Å². The van der Waals surface area contributed by atoms with Crippen molar-refractivity contribution in [3.05, 3.63) is 71.3 Å². The van der Waals surface area contributed by atoms with Crippen LogP contribution in [-0.4, -0.2) is 23.9 Å². The highest BCUT2D eigenvalue weighted by Gasteiger charge is 2.24. The molecule has 3 heteroatoms. The molecule has 3 nitrogen and oxygen atoms in total. The first-order chi connectivity index (χ1) is 10.8. The summed E-state index contributed by atoms with van der Waals surface area (Å²) in [5, 5.41) is 0. The molecule has 0 spiro atoms. The Labute approximate surface area is 131 Å². The van der Waals surface area contributed by atoms with Crippen LogP contribution in [0.4, 0.5) is 0 Å². The van der Waals surface area contributed by atoms with Crippen LogP contribution >= 0.6 is 0 Å². The number of likely N-dealkylation sites (tertiary alicyclic amines) is 1. The van der Waals surface area contributed by atoms with Gasteiger partial charge in [-0.05, 0) is 42.0 Å². The van der Waals surface area contributed by atoms with Crippen molar-refractivity contribution in [2.75, 3.05) is 13.1 Å². The van der Waals surface area contributed by atoms with Crippen LogP contribution in [-0.2, 0) is 6.54 Å². The Kier molecular flexibility index (Phi) is 4.54. The zero-order valence-corrected chi connectivity index (χ0v) is 12.7. The Hall–Kier alpha value is -2.13. The predicted octanol–water partition coefficient (Wildman–Crippen LogP) is 3.17. The van der Waals surface area contributed by atoms with Gasteiger partial charge >= 0.3 is 0 Å². The van der Waals surface area contributed by atoms with Gasteiger partial charge in [0, 0.05) is 25.2 Å². The van der Waals surface area contributed by atoms with E-state index >= 15 is 0 Å². The van der Waals surface area contributed by atoms with Crippen LogP contribution in [0.15, 0.2) is 54.6 Å². The maximum atomic E-state index is 12.5. The summed E-state index contributed by atoms with van der Waals surface area (Å²) in [7, 11) is 0. The summed E-state index contributed by atoms with van der Waals surface area (Å²) in [6.07, 6.45) is 2.04. The van der Waals surface area contributed by atoms with Gasteiger partial charge in [-0.15, -0.1) is 0 Å². The van der Waals surface area contributed by atoms with E-state index < -0.39 is 0 Å². The summed E-state index contributed by atoms with van der Waals surface area (Å²) in [6, 6.07) is 18.1. The third-order valence-corrected chi connectivity index (χ3v) is 4.46. The number of amides is 1. The molecule has 0 bridgehead atoms. The number of benzene rings is 2. The lowest BCUT2D eigenvalue weighted by Crippen LogP contribution is -2.37. The van der Waals surface area contributed by atoms with Crippen LogP contribution in [0.25, 0.3) is 0 Å². The van der Waals surface area contributed by atoms with Gasteiger partial charge in [0.15, 0.2) is 0 Å². The third-order valence-electron chi connectivity index (χ3n) is 4.46. The van der Waals surface area contributed by atoms with E-state index in [0.29, 0.717) is 12.5 Å². The van der Waals surface area contributed by atoms with E-state index in [4.69, 9.17) is 5.73 Å². The molecule has 0 radical (unpaired) electrons. The van der Waals surface area contributed by atoms with Gasteiger partial charge < -0.3 is 10.6 Å².